The second-order valence-corrected chi connectivity index (χ2v) is 9.97. The van der Waals surface area contributed by atoms with Gasteiger partial charge in [0.1, 0.15) is 5.56 Å². The lowest BCUT2D eigenvalue weighted by Crippen LogP contribution is -2.36. The number of aromatic hydroxyl groups is 1. The third-order valence-corrected chi connectivity index (χ3v) is 6.25. The summed E-state index contributed by atoms with van der Waals surface area (Å²) in [6.07, 6.45) is 4.76. The fourth-order valence-electron chi connectivity index (χ4n) is 4.11. The molecule has 11 heteroatoms. The van der Waals surface area contributed by atoms with Gasteiger partial charge in [0.2, 0.25) is 21.8 Å². The monoisotopic (exact) mass is 471 g/mol. The van der Waals surface area contributed by atoms with Gasteiger partial charge in [-0.05, 0) is 49.2 Å². The average Bonchev–Trinajstić information content (AvgIpc) is 3.32. The number of rotatable bonds is 7. The van der Waals surface area contributed by atoms with Crippen LogP contribution in [0.1, 0.15) is 12.0 Å². The number of aromatic amines is 1. The molecule has 1 saturated heterocycles. The number of aromatic nitrogens is 3. The summed E-state index contributed by atoms with van der Waals surface area (Å²) in [5, 5.41) is 11.1. The van der Waals surface area contributed by atoms with Crippen LogP contribution in [0.25, 0.3) is 33.6 Å². The van der Waals surface area contributed by atoms with Crippen LogP contribution in [0.15, 0.2) is 34.9 Å². The molecule has 4 heterocycles. The van der Waals surface area contributed by atoms with Crippen molar-refractivity contribution in [1.82, 2.24) is 19.9 Å². The van der Waals surface area contributed by atoms with Gasteiger partial charge in [-0.25, -0.2) is 13.4 Å². The van der Waals surface area contributed by atoms with Crippen LogP contribution in [0, 0.1) is 0 Å². The number of pyridine rings is 1. The fraction of sp³-hybridized carbons (Fsp3) is 0.364. The van der Waals surface area contributed by atoms with Crippen molar-refractivity contribution in [1.29, 1.82) is 0 Å². The second-order valence-electron chi connectivity index (χ2n) is 8.23. The average molecular weight is 472 g/mol. The molecule has 174 valence electrons. The highest BCUT2D eigenvalue weighted by atomic mass is 32.2. The van der Waals surface area contributed by atoms with E-state index in [1.165, 1.54) is 0 Å². The highest BCUT2D eigenvalue weighted by molar-refractivity contribution is 7.92. The summed E-state index contributed by atoms with van der Waals surface area (Å²) in [4.78, 5) is 14.1. The van der Waals surface area contributed by atoms with Crippen LogP contribution in [-0.2, 0) is 21.2 Å². The molecule has 0 spiro atoms. The fourth-order valence-corrected chi connectivity index (χ4v) is 4.66. The predicted octanol–water partition coefficient (Wildman–Crippen LogP) is 2.71. The summed E-state index contributed by atoms with van der Waals surface area (Å²) in [6, 6.07) is 6.85. The van der Waals surface area contributed by atoms with Gasteiger partial charge in [-0.3, -0.25) is 9.62 Å². The van der Waals surface area contributed by atoms with Gasteiger partial charge in [0, 0.05) is 35.9 Å². The van der Waals surface area contributed by atoms with Crippen molar-refractivity contribution in [3.05, 3.63) is 36.0 Å². The number of anilines is 1. The third-order valence-electron chi connectivity index (χ3n) is 5.64. The molecule has 0 aliphatic carbocycles. The van der Waals surface area contributed by atoms with Crippen LogP contribution in [0.2, 0.25) is 0 Å². The molecule has 0 unspecified atom stereocenters. The number of benzene rings is 1. The minimum absolute atomic E-state index is 0.112. The first-order valence-electron chi connectivity index (χ1n) is 10.7. The molecule has 10 nitrogen and oxygen atoms in total. The van der Waals surface area contributed by atoms with E-state index >= 15 is 0 Å². The van der Waals surface area contributed by atoms with E-state index in [2.05, 4.69) is 24.6 Å². The molecule has 0 atom stereocenters. The van der Waals surface area contributed by atoms with Gasteiger partial charge in [-0.1, -0.05) is 0 Å². The van der Waals surface area contributed by atoms with Crippen molar-refractivity contribution in [2.45, 2.75) is 12.8 Å². The highest BCUT2D eigenvalue weighted by Gasteiger charge is 2.20. The number of morpholine rings is 1. The third kappa shape index (κ3) is 4.80. The SMILES string of the molecule is CS(=O)(=O)Nc1ccc2[nH]c(O)c(-c3nc4ncc(CCCN5CCOCC5)cc4o3)c2c1. The Morgan fingerprint density at radius 1 is 1.24 bits per heavy atom. The molecular weight excluding hydrogens is 446 g/mol. The van der Waals surface area contributed by atoms with Crippen molar-refractivity contribution in [3.63, 3.8) is 0 Å². The molecule has 3 aromatic heterocycles. The smallest absolute Gasteiger partial charge is 0.234 e. The minimum Gasteiger partial charge on any atom is -0.494 e. The summed E-state index contributed by atoms with van der Waals surface area (Å²) in [7, 11) is -3.44. The minimum atomic E-state index is -3.44. The van der Waals surface area contributed by atoms with E-state index in [9.17, 15) is 13.5 Å². The molecule has 0 amide bonds. The Morgan fingerprint density at radius 2 is 2.06 bits per heavy atom. The topological polar surface area (TPSA) is 134 Å². The molecule has 4 aromatic rings. The first kappa shape index (κ1) is 21.7. The first-order valence-corrected chi connectivity index (χ1v) is 12.6. The Kier molecular flexibility index (Phi) is 5.69. The van der Waals surface area contributed by atoms with Crippen molar-refractivity contribution in [2.24, 2.45) is 0 Å². The number of hydrogen-bond acceptors (Lipinski definition) is 8. The largest absolute Gasteiger partial charge is 0.494 e. The summed E-state index contributed by atoms with van der Waals surface area (Å²) < 4.78 is 37.0. The molecule has 3 N–H and O–H groups in total. The maximum atomic E-state index is 11.6. The predicted molar refractivity (Wildman–Crippen MR) is 125 cm³/mol. The van der Waals surface area contributed by atoms with Gasteiger partial charge in [0.15, 0.2) is 11.2 Å². The van der Waals surface area contributed by atoms with Gasteiger partial charge in [-0.15, -0.1) is 0 Å². The van der Waals surface area contributed by atoms with Crippen LogP contribution < -0.4 is 4.72 Å². The molecule has 33 heavy (non-hydrogen) atoms. The number of ether oxygens (including phenoxy) is 1. The summed E-state index contributed by atoms with van der Waals surface area (Å²) in [6.45, 7) is 4.54. The van der Waals surface area contributed by atoms with Crippen LogP contribution in [-0.4, -0.2) is 72.5 Å². The lowest BCUT2D eigenvalue weighted by atomic mass is 10.1. The van der Waals surface area contributed by atoms with Gasteiger partial charge in [0.25, 0.3) is 0 Å². The van der Waals surface area contributed by atoms with Crippen LogP contribution in [0.5, 0.6) is 5.88 Å². The first-order chi connectivity index (χ1) is 15.9. The quantitative estimate of drug-likeness (QED) is 0.375. The summed E-state index contributed by atoms with van der Waals surface area (Å²) in [5.74, 6) is 0.0991. The van der Waals surface area contributed by atoms with Crippen LogP contribution >= 0.6 is 0 Å². The molecule has 0 radical (unpaired) electrons. The Balaban J connectivity index is 1.40. The van der Waals surface area contributed by atoms with Crippen molar-refractivity contribution >= 4 is 37.8 Å². The molecule has 1 aliphatic heterocycles. The second kappa shape index (κ2) is 8.65. The van der Waals surface area contributed by atoms with Crippen molar-refractivity contribution < 1.29 is 22.7 Å². The normalized spacial score (nSPS) is 15.4. The Hall–Kier alpha value is -3.15. The molecule has 1 aromatic carbocycles. The number of H-pyrrole nitrogens is 1. The van der Waals surface area contributed by atoms with E-state index in [0.717, 1.165) is 57.5 Å². The zero-order valence-electron chi connectivity index (χ0n) is 18.2. The van der Waals surface area contributed by atoms with Crippen LogP contribution in [0.4, 0.5) is 5.69 Å². The standard InChI is InChI=1S/C22H25N5O5S/c1-33(29,30)26-15-4-5-17-16(12-15)19(21(28)24-17)22-25-20-18(32-22)11-14(13-23-20)3-2-6-27-7-9-31-10-8-27/h4-5,11-13,24,26,28H,2-3,6-10H2,1H3. The molecule has 5 rings (SSSR count). The van der Waals surface area contributed by atoms with E-state index in [1.807, 2.05) is 6.07 Å². The molecule has 0 bridgehead atoms. The van der Waals surface area contributed by atoms with Crippen molar-refractivity contribution in [3.8, 4) is 17.3 Å². The molecular formula is C22H25N5O5S. The number of fused-ring (bicyclic) bond motifs is 2. The Labute approximate surface area is 190 Å². The lowest BCUT2D eigenvalue weighted by Gasteiger charge is -2.26. The Morgan fingerprint density at radius 3 is 2.85 bits per heavy atom. The number of nitrogens with one attached hydrogen (secondary N) is 2. The molecule has 1 aliphatic rings. The van der Waals surface area contributed by atoms with Gasteiger partial charge < -0.3 is 19.2 Å². The van der Waals surface area contributed by atoms with Gasteiger partial charge in [-0.2, -0.15) is 4.98 Å². The van der Waals surface area contributed by atoms with E-state index in [0.29, 0.717) is 33.4 Å². The highest BCUT2D eigenvalue weighted by Crippen LogP contribution is 2.38. The number of aryl methyl sites for hydroxylation is 1. The maximum Gasteiger partial charge on any atom is 0.234 e. The van der Waals surface area contributed by atoms with E-state index in [-0.39, 0.29) is 11.8 Å². The maximum absolute atomic E-state index is 11.6. The summed E-state index contributed by atoms with van der Waals surface area (Å²) in [5.41, 5.74) is 3.40. The number of hydrogen-bond donors (Lipinski definition) is 3. The lowest BCUT2D eigenvalue weighted by molar-refractivity contribution is 0.0374. The van der Waals surface area contributed by atoms with Crippen LogP contribution in [0.3, 0.4) is 0 Å². The molecule has 1 fully saturated rings. The number of sulfonamides is 1. The van der Waals surface area contributed by atoms with Crippen molar-refractivity contribution in [2.75, 3.05) is 43.8 Å². The van der Waals surface area contributed by atoms with E-state index in [1.54, 1.807) is 24.4 Å². The number of oxazole rings is 1. The van der Waals surface area contributed by atoms with Gasteiger partial charge in [0.05, 0.1) is 19.5 Å². The zero-order chi connectivity index (χ0) is 23.0. The van der Waals surface area contributed by atoms with E-state index < -0.39 is 10.0 Å². The molecule has 0 saturated carbocycles. The van der Waals surface area contributed by atoms with E-state index in [4.69, 9.17) is 9.15 Å². The van der Waals surface area contributed by atoms with Gasteiger partial charge >= 0.3 is 0 Å². The zero-order valence-corrected chi connectivity index (χ0v) is 19.0. The number of nitrogens with zero attached hydrogens (tertiary/aromatic N) is 3. The summed E-state index contributed by atoms with van der Waals surface area (Å²) >= 11 is 0. The Bertz CT molecular complexity index is 1410.